The van der Waals surface area contributed by atoms with Crippen molar-refractivity contribution in [3.8, 4) is 0 Å². The molecule has 6 heteroatoms. The summed E-state index contributed by atoms with van der Waals surface area (Å²) in [5.74, 6) is -0.561. The van der Waals surface area contributed by atoms with E-state index in [9.17, 15) is 9.59 Å². The molecule has 1 amide bonds. The number of hydrogen-bond donors (Lipinski definition) is 2. The van der Waals surface area contributed by atoms with Gasteiger partial charge in [-0.15, -0.1) is 0 Å². The molecule has 104 valence electrons. The third-order valence-electron chi connectivity index (χ3n) is 2.51. The smallest absolute Gasteiger partial charge is 0.319 e. The molecule has 0 spiro atoms. The normalized spacial score (nSPS) is 10.3. The van der Waals surface area contributed by atoms with Crippen molar-refractivity contribution >= 4 is 17.6 Å². The highest BCUT2D eigenvalue weighted by Crippen LogP contribution is 2.08. The molecule has 0 aliphatic rings. The summed E-state index contributed by atoms with van der Waals surface area (Å²) in [6, 6.07) is 7.29. The predicted octanol–water partition coefficient (Wildman–Crippen LogP) is 0.189. The number of likely N-dealkylation sites (N-methyl/N-ethyl adjacent to an activating group) is 1. The second-order valence-electron chi connectivity index (χ2n) is 4.20. The van der Waals surface area contributed by atoms with Gasteiger partial charge in [-0.3, -0.25) is 14.5 Å². The molecule has 3 N–H and O–H groups in total. The van der Waals surface area contributed by atoms with Crippen LogP contribution in [0.4, 0.5) is 5.69 Å². The number of esters is 1. The van der Waals surface area contributed by atoms with Crippen LogP contribution in [0.1, 0.15) is 5.56 Å². The van der Waals surface area contributed by atoms with E-state index in [4.69, 9.17) is 5.73 Å². The third kappa shape index (κ3) is 5.50. The number of benzene rings is 1. The van der Waals surface area contributed by atoms with Crippen molar-refractivity contribution < 1.29 is 14.3 Å². The average Bonchev–Trinajstić information content (AvgIpc) is 2.39. The predicted molar refractivity (Wildman–Crippen MR) is 72.5 cm³/mol. The number of carbonyl (C=O) groups is 2. The van der Waals surface area contributed by atoms with Crippen LogP contribution in [0.15, 0.2) is 24.3 Å². The molecular formula is C13H19N3O3. The van der Waals surface area contributed by atoms with Gasteiger partial charge in [0.2, 0.25) is 5.91 Å². The minimum absolute atomic E-state index is 0.0794. The fraction of sp³-hybridized carbons (Fsp3) is 0.385. The Morgan fingerprint density at radius 3 is 2.42 bits per heavy atom. The summed E-state index contributed by atoms with van der Waals surface area (Å²) in [4.78, 5) is 24.3. The second-order valence-corrected chi connectivity index (χ2v) is 4.20. The van der Waals surface area contributed by atoms with Crippen molar-refractivity contribution in [3.63, 3.8) is 0 Å². The quantitative estimate of drug-likeness (QED) is 0.717. The Bertz CT molecular complexity index is 431. The maximum atomic E-state index is 11.7. The highest BCUT2D eigenvalue weighted by atomic mass is 16.5. The number of ether oxygens (including phenoxy) is 1. The monoisotopic (exact) mass is 265 g/mol. The van der Waals surface area contributed by atoms with Crippen molar-refractivity contribution in [3.05, 3.63) is 29.8 Å². The number of hydrogen-bond acceptors (Lipinski definition) is 5. The summed E-state index contributed by atoms with van der Waals surface area (Å²) in [6.07, 6.45) is 0. The van der Waals surface area contributed by atoms with Crippen LogP contribution in [0.3, 0.4) is 0 Å². The molecule has 1 rings (SSSR count). The molecule has 0 atom stereocenters. The van der Waals surface area contributed by atoms with Gasteiger partial charge in [0.15, 0.2) is 0 Å². The van der Waals surface area contributed by atoms with Crippen LogP contribution < -0.4 is 11.1 Å². The fourth-order valence-electron chi connectivity index (χ4n) is 1.51. The summed E-state index contributed by atoms with van der Waals surface area (Å²) < 4.78 is 4.52. The van der Waals surface area contributed by atoms with Crippen LogP contribution in [0.5, 0.6) is 0 Å². The first-order valence-corrected chi connectivity index (χ1v) is 5.89. The van der Waals surface area contributed by atoms with Gasteiger partial charge in [0.1, 0.15) is 0 Å². The molecule has 1 aromatic carbocycles. The lowest BCUT2D eigenvalue weighted by molar-refractivity contribution is -0.141. The van der Waals surface area contributed by atoms with Crippen molar-refractivity contribution in [1.29, 1.82) is 0 Å². The molecule has 0 unspecified atom stereocenters. The summed E-state index contributed by atoms with van der Waals surface area (Å²) in [7, 11) is 2.99. The lowest BCUT2D eigenvalue weighted by Crippen LogP contribution is -2.34. The lowest BCUT2D eigenvalue weighted by atomic mass is 10.2. The van der Waals surface area contributed by atoms with E-state index in [2.05, 4.69) is 10.1 Å². The van der Waals surface area contributed by atoms with Gasteiger partial charge in [0.25, 0.3) is 0 Å². The molecule has 0 saturated carbocycles. The van der Waals surface area contributed by atoms with Gasteiger partial charge in [0, 0.05) is 12.2 Å². The molecule has 0 bridgehead atoms. The first-order chi connectivity index (χ1) is 9.05. The number of nitrogens with zero attached hydrogens (tertiary/aromatic N) is 1. The minimum Gasteiger partial charge on any atom is -0.468 e. The van der Waals surface area contributed by atoms with Gasteiger partial charge in [-0.1, -0.05) is 12.1 Å². The fourth-order valence-corrected chi connectivity index (χ4v) is 1.51. The maximum Gasteiger partial charge on any atom is 0.319 e. The topological polar surface area (TPSA) is 84.7 Å². The number of nitrogens with two attached hydrogens (primary N) is 1. The van der Waals surface area contributed by atoms with E-state index >= 15 is 0 Å². The molecule has 0 fully saturated rings. The van der Waals surface area contributed by atoms with Gasteiger partial charge >= 0.3 is 5.97 Å². The van der Waals surface area contributed by atoms with Gasteiger partial charge in [-0.2, -0.15) is 0 Å². The summed E-state index contributed by atoms with van der Waals surface area (Å²) in [5, 5.41) is 2.74. The SMILES string of the molecule is COC(=O)CN(C)CC(=O)Nc1ccc(CN)cc1. The van der Waals surface area contributed by atoms with Crippen molar-refractivity contribution in [1.82, 2.24) is 4.90 Å². The number of amides is 1. The average molecular weight is 265 g/mol. The Kier molecular flexibility index (Phi) is 5.98. The Balaban J connectivity index is 2.43. The number of rotatable bonds is 6. The molecule has 0 saturated heterocycles. The first-order valence-electron chi connectivity index (χ1n) is 5.89. The van der Waals surface area contributed by atoms with Gasteiger partial charge in [-0.05, 0) is 24.7 Å². The number of carbonyl (C=O) groups excluding carboxylic acids is 2. The van der Waals surface area contributed by atoms with E-state index in [0.717, 1.165) is 5.56 Å². The molecule has 0 aliphatic heterocycles. The lowest BCUT2D eigenvalue weighted by Gasteiger charge is -2.14. The van der Waals surface area contributed by atoms with E-state index in [1.165, 1.54) is 7.11 Å². The van der Waals surface area contributed by atoms with E-state index in [-0.39, 0.29) is 25.0 Å². The van der Waals surface area contributed by atoms with Crippen LogP contribution >= 0.6 is 0 Å². The Hall–Kier alpha value is -1.92. The van der Waals surface area contributed by atoms with Gasteiger partial charge in [0.05, 0.1) is 20.2 Å². The van der Waals surface area contributed by atoms with Crippen molar-refractivity contribution in [2.45, 2.75) is 6.54 Å². The zero-order valence-corrected chi connectivity index (χ0v) is 11.2. The Morgan fingerprint density at radius 1 is 1.26 bits per heavy atom. The molecule has 0 aromatic heterocycles. The van der Waals surface area contributed by atoms with E-state index < -0.39 is 0 Å². The second kappa shape index (κ2) is 7.50. The van der Waals surface area contributed by atoms with Gasteiger partial charge in [-0.25, -0.2) is 0 Å². The summed E-state index contributed by atoms with van der Waals surface area (Å²) >= 11 is 0. The molecule has 6 nitrogen and oxygen atoms in total. The number of nitrogens with one attached hydrogen (secondary N) is 1. The van der Waals surface area contributed by atoms with E-state index in [1.54, 1.807) is 24.1 Å². The first kappa shape index (κ1) is 15.1. The van der Waals surface area contributed by atoms with E-state index in [0.29, 0.717) is 12.2 Å². The highest BCUT2D eigenvalue weighted by molar-refractivity contribution is 5.92. The van der Waals surface area contributed by atoms with E-state index in [1.807, 2.05) is 12.1 Å². The molecule has 1 aromatic rings. The largest absolute Gasteiger partial charge is 0.468 e. The zero-order chi connectivity index (χ0) is 14.3. The highest BCUT2D eigenvalue weighted by Gasteiger charge is 2.10. The van der Waals surface area contributed by atoms with Crippen LogP contribution in [0, 0.1) is 0 Å². The third-order valence-corrected chi connectivity index (χ3v) is 2.51. The molecule has 0 aliphatic carbocycles. The van der Waals surface area contributed by atoms with Crippen LogP contribution in [0.2, 0.25) is 0 Å². The van der Waals surface area contributed by atoms with Crippen LogP contribution in [-0.2, 0) is 20.9 Å². The van der Waals surface area contributed by atoms with Crippen molar-refractivity contribution in [2.75, 3.05) is 32.6 Å². The summed E-state index contributed by atoms with van der Waals surface area (Å²) in [6.45, 7) is 0.667. The number of methoxy groups -OCH3 is 1. The standard InChI is InChI=1S/C13H19N3O3/c1-16(9-13(18)19-2)8-12(17)15-11-5-3-10(7-14)4-6-11/h3-6H,7-9,14H2,1-2H3,(H,15,17). The minimum atomic E-state index is -0.373. The van der Waals surface area contributed by atoms with Crippen LogP contribution in [-0.4, -0.2) is 44.0 Å². The molecule has 0 heterocycles. The van der Waals surface area contributed by atoms with Crippen molar-refractivity contribution in [2.24, 2.45) is 5.73 Å². The number of anilines is 1. The molecule has 0 radical (unpaired) electrons. The Morgan fingerprint density at radius 2 is 1.89 bits per heavy atom. The zero-order valence-electron chi connectivity index (χ0n) is 11.2. The van der Waals surface area contributed by atoms with Crippen LogP contribution in [0.25, 0.3) is 0 Å². The molecular weight excluding hydrogens is 246 g/mol. The summed E-state index contributed by atoms with van der Waals surface area (Å²) in [5.41, 5.74) is 7.19. The Labute approximate surface area is 112 Å². The van der Waals surface area contributed by atoms with Gasteiger partial charge < -0.3 is 15.8 Å². The maximum absolute atomic E-state index is 11.7. The molecule has 19 heavy (non-hydrogen) atoms.